The normalized spacial score (nSPS) is 12.2. The van der Waals surface area contributed by atoms with E-state index in [-0.39, 0.29) is 4.75 Å². The number of nitrogens with zero attached hydrogens (tertiary/aromatic N) is 1. The number of hydrogen-bond acceptors (Lipinski definition) is 2. The van der Waals surface area contributed by atoms with Crippen molar-refractivity contribution in [1.29, 1.82) is 0 Å². The summed E-state index contributed by atoms with van der Waals surface area (Å²) in [6, 6.07) is 6.25. The topological polar surface area (TPSA) is 20.7 Å². The van der Waals surface area contributed by atoms with Gasteiger partial charge in [0, 0.05) is 15.8 Å². The molecule has 0 spiro atoms. The summed E-state index contributed by atoms with van der Waals surface area (Å²) in [6.07, 6.45) is 4.49. The maximum absolute atomic E-state index is 5.49. The Bertz CT molecular complexity index is 618. The van der Waals surface area contributed by atoms with Crippen molar-refractivity contribution in [1.82, 2.24) is 9.55 Å². The second-order valence-electron chi connectivity index (χ2n) is 4.77. The van der Waals surface area contributed by atoms with Crippen LogP contribution in [0.3, 0.4) is 0 Å². The highest BCUT2D eigenvalue weighted by Gasteiger charge is 2.26. The molecule has 0 saturated carbocycles. The van der Waals surface area contributed by atoms with Crippen LogP contribution in [0.25, 0.3) is 11.0 Å². The van der Waals surface area contributed by atoms with E-state index in [9.17, 15) is 0 Å². The highest BCUT2D eigenvalue weighted by atomic mass is 79.9. The maximum atomic E-state index is 5.49. The Morgan fingerprint density at radius 3 is 2.63 bits per heavy atom. The van der Waals surface area contributed by atoms with E-state index in [0.29, 0.717) is 0 Å². The van der Waals surface area contributed by atoms with E-state index >= 15 is 0 Å². The summed E-state index contributed by atoms with van der Waals surface area (Å²) in [6.45, 7) is 5.47. The molecule has 1 N–H and O–H groups in total. The molecule has 0 radical (unpaired) electrons. The van der Waals surface area contributed by atoms with E-state index < -0.39 is 0 Å². The fraction of sp³-hybridized carbons (Fsp3) is 0.500. The third kappa shape index (κ3) is 2.93. The third-order valence-corrected chi connectivity index (χ3v) is 6.29. The van der Waals surface area contributed by atoms with Gasteiger partial charge >= 0.3 is 0 Å². The summed E-state index contributed by atoms with van der Waals surface area (Å²) < 4.78 is 4.40. The molecule has 2 nitrogen and oxygen atoms in total. The number of thioether (sulfide) groups is 1. The van der Waals surface area contributed by atoms with E-state index in [4.69, 9.17) is 12.2 Å². The zero-order chi connectivity index (χ0) is 14.0. The van der Waals surface area contributed by atoms with E-state index in [1.807, 2.05) is 17.8 Å². The van der Waals surface area contributed by atoms with Crippen LogP contribution in [-0.2, 0) is 6.54 Å². The van der Waals surface area contributed by atoms with E-state index in [0.717, 1.165) is 34.1 Å². The number of H-pyrrole nitrogens is 1. The highest BCUT2D eigenvalue weighted by molar-refractivity contribution is 9.10. The Morgan fingerprint density at radius 1 is 1.37 bits per heavy atom. The Morgan fingerprint density at radius 2 is 2.05 bits per heavy atom. The first-order chi connectivity index (χ1) is 9.05. The summed E-state index contributed by atoms with van der Waals surface area (Å²) in [5.41, 5.74) is 2.29. The van der Waals surface area contributed by atoms with Crippen LogP contribution in [0.5, 0.6) is 0 Å². The maximum Gasteiger partial charge on any atom is 0.178 e. The molecule has 0 unspecified atom stereocenters. The lowest BCUT2D eigenvalue weighted by molar-refractivity contribution is 0.470. The zero-order valence-corrected chi connectivity index (χ0v) is 14.7. The molecule has 0 amide bonds. The number of hydrogen-bond donors (Lipinski definition) is 1. The van der Waals surface area contributed by atoms with Crippen LogP contribution in [-0.4, -0.2) is 20.6 Å². The van der Waals surface area contributed by atoms with E-state index in [1.165, 1.54) is 5.52 Å². The average molecular weight is 359 g/mol. The molecule has 5 heteroatoms. The number of imidazole rings is 1. The third-order valence-electron chi connectivity index (χ3n) is 3.91. The van der Waals surface area contributed by atoms with Crippen LogP contribution in [0, 0.1) is 4.77 Å². The molecule has 0 saturated heterocycles. The number of benzene rings is 1. The smallest absolute Gasteiger partial charge is 0.178 e. The number of aromatic nitrogens is 2. The monoisotopic (exact) mass is 358 g/mol. The molecule has 2 aromatic rings. The van der Waals surface area contributed by atoms with Crippen molar-refractivity contribution in [3.63, 3.8) is 0 Å². The molecule has 0 fully saturated rings. The highest BCUT2D eigenvalue weighted by Crippen LogP contribution is 2.33. The molecular formula is C14H19BrN2S2. The first-order valence-corrected chi connectivity index (χ1v) is 8.91. The van der Waals surface area contributed by atoms with Crippen LogP contribution in [0.4, 0.5) is 0 Å². The van der Waals surface area contributed by atoms with Gasteiger partial charge in [-0.2, -0.15) is 11.8 Å². The van der Waals surface area contributed by atoms with Crippen LogP contribution >= 0.6 is 39.9 Å². The molecule has 0 atom stereocenters. The lowest BCUT2D eigenvalue weighted by Crippen LogP contribution is -2.29. The Hall–Kier alpha value is -0.260. The number of nitrogens with one attached hydrogen (secondary N) is 1. The van der Waals surface area contributed by atoms with Crippen molar-refractivity contribution in [2.45, 2.75) is 38.0 Å². The molecule has 0 aliphatic rings. The minimum absolute atomic E-state index is 0.260. The number of rotatable bonds is 5. The van der Waals surface area contributed by atoms with Crippen molar-refractivity contribution < 1.29 is 0 Å². The van der Waals surface area contributed by atoms with Crippen molar-refractivity contribution in [2.75, 3.05) is 6.26 Å². The van der Waals surface area contributed by atoms with Crippen LogP contribution < -0.4 is 0 Å². The van der Waals surface area contributed by atoms with Gasteiger partial charge in [-0.1, -0.05) is 29.8 Å². The Labute approximate surface area is 132 Å². The van der Waals surface area contributed by atoms with E-state index in [2.05, 4.69) is 57.7 Å². The van der Waals surface area contributed by atoms with Gasteiger partial charge in [-0.15, -0.1) is 0 Å². The largest absolute Gasteiger partial charge is 0.331 e. The second-order valence-corrected chi connectivity index (χ2v) is 7.35. The van der Waals surface area contributed by atoms with Gasteiger partial charge in [0.15, 0.2) is 4.77 Å². The molecule has 1 heterocycles. The summed E-state index contributed by atoms with van der Waals surface area (Å²) in [7, 11) is 0. The fourth-order valence-corrected chi connectivity index (χ4v) is 3.86. The van der Waals surface area contributed by atoms with Crippen molar-refractivity contribution >= 4 is 50.9 Å². The van der Waals surface area contributed by atoms with Gasteiger partial charge < -0.3 is 9.55 Å². The summed E-state index contributed by atoms with van der Waals surface area (Å²) in [5.74, 6) is 0. The molecule has 1 aromatic carbocycles. The van der Waals surface area contributed by atoms with Gasteiger partial charge in [-0.3, -0.25) is 0 Å². The quantitative estimate of drug-likeness (QED) is 0.723. The lowest BCUT2D eigenvalue weighted by atomic mass is 10.0. The molecule has 0 aliphatic heterocycles. The van der Waals surface area contributed by atoms with Gasteiger partial charge in [0.25, 0.3) is 0 Å². The van der Waals surface area contributed by atoms with Gasteiger partial charge in [0.2, 0.25) is 0 Å². The van der Waals surface area contributed by atoms with Crippen LogP contribution in [0.1, 0.15) is 26.7 Å². The molecule has 0 aliphatic carbocycles. The van der Waals surface area contributed by atoms with Crippen molar-refractivity contribution in [2.24, 2.45) is 0 Å². The second kappa shape index (κ2) is 6.02. The number of aromatic amines is 1. The SMILES string of the molecule is CCC(CC)(Cn1c(=S)[nH]c2ccc(Br)cc21)SC. The molecular weight excluding hydrogens is 340 g/mol. The number of fused-ring (bicyclic) bond motifs is 1. The van der Waals surface area contributed by atoms with Gasteiger partial charge in [0.05, 0.1) is 11.0 Å². The van der Waals surface area contributed by atoms with Gasteiger partial charge in [0.1, 0.15) is 0 Å². The predicted molar refractivity (Wildman–Crippen MR) is 91.7 cm³/mol. The average Bonchev–Trinajstić information content (AvgIpc) is 2.72. The Balaban J connectivity index is 2.53. The summed E-state index contributed by atoms with van der Waals surface area (Å²) in [5, 5.41) is 0. The zero-order valence-electron chi connectivity index (χ0n) is 11.5. The molecule has 0 bridgehead atoms. The van der Waals surface area contributed by atoms with Crippen LogP contribution in [0.15, 0.2) is 22.7 Å². The molecule has 1 aromatic heterocycles. The standard InChI is InChI=1S/C14H19BrN2S2/c1-4-14(5-2,19-3)9-17-12-8-10(15)6-7-11(12)16-13(17)18/h6-8H,4-5,9H2,1-3H3,(H,16,18). The lowest BCUT2D eigenvalue weighted by Gasteiger charge is -2.30. The molecule has 2 rings (SSSR count). The van der Waals surface area contributed by atoms with Crippen molar-refractivity contribution in [3.8, 4) is 0 Å². The predicted octanol–water partition coefficient (Wildman–Crippen LogP) is 5.38. The molecule has 104 valence electrons. The van der Waals surface area contributed by atoms with Crippen molar-refractivity contribution in [3.05, 3.63) is 27.4 Å². The van der Waals surface area contributed by atoms with Gasteiger partial charge in [-0.25, -0.2) is 0 Å². The molecule has 19 heavy (non-hydrogen) atoms. The fourth-order valence-electron chi connectivity index (χ4n) is 2.40. The summed E-state index contributed by atoms with van der Waals surface area (Å²) in [4.78, 5) is 3.30. The minimum atomic E-state index is 0.260. The first kappa shape index (κ1) is 15.1. The van der Waals surface area contributed by atoms with Crippen LogP contribution in [0.2, 0.25) is 0 Å². The van der Waals surface area contributed by atoms with E-state index in [1.54, 1.807) is 0 Å². The number of halogens is 1. The minimum Gasteiger partial charge on any atom is -0.331 e. The first-order valence-electron chi connectivity index (χ1n) is 6.48. The summed E-state index contributed by atoms with van der Waals surface area (Å²) >= 11 is 11.0. The Kier molecular flexibility index (Phi) is 4.79. The van der Waals surface area contributed by atoms with Gasteiger partial charge in [-0.05, 0) is 49.5 Å².